The fraction of sp³-hybridized carbons (Fsp3) is 0.650. The van der Waals surface area contributed by atoms with E-state index >= 15 is 0 Å². The summed E-state index contributed by atoms with van der Waals surface area (Å²) in [6.45, 7) is 11.1. The summed E-state index contributed by atoms with van der Waals surface area (Å²) >= 11 is 0. The van der Waals surface area contributed by atoms with Gasteiger partial charge in [-0.3, -0.25) is 4.79 Å². The standard InChI is InChI=1S/C18H29NO2.C2H6/c1-14(2)8-6-5-7-9-18(20)19-13-16-10-11-17(21-4)15(3)12-16;1-2/h10-12,14H,5-9,13H2,1-4H3,(H,19,20);1-2H3. The first-order valence-electron chi connectivity index (χ1n) is 8.93. The first-order valence-corrected chi connectivity index (χ1v) is 8.93. The molecule has 3 nitrogen and oxygen atoms in total. The molecular weight excluding hydrogens is 286 g/mol. The fourth-order valence-corrected chi connectivity index (χ4v) is 2.35. The number of benzene rings is 1. The van der Waals surface area contributed by atoms with Crippen molar-refractivity contribution < 1.29 is 9.53 Å². The van der Waals surface area contributed by atoms with E-state index in [1.165, 1.54) is 12.8 Å². The molecule has 0 aliphatic rings. The molecule has 0 saturated heterocycles. The lowest BCUT2D eigenvalue weighted by Gasteiger charge is -2.09. The average Bonchev–Trinajstić information content (AvgIpc) is 2.54. The van der Waals surface area contributed by atoms with Gasteiger partial charge in [0, 0.05) is 13.0 Å². The van der Waals surface area contributed by atoms with Gasteiger partial charge in [0.05, 0.1) is 7.11 Å². The van der Waals surface area contributed by atoms with Crippen LogP contribution < -0.4 is 10.1 Å². The summed E-state index contributed by atoms with van der Waals surface area (Å²) in [5, 5.41) is 2.98. The number of amides is 1. The summed E-state index contributed by atoms with van der Waals surface area (Å²) in [6.07, 6.45) is 5.25. The lowest BCUT2D eigenvalue weighted by atomic mass is 10.0. The molecule has 0 spiro atoms. The number of hydrogen-bond donors (Lipinski definition) is 1. The summed E-state index contributed by atoms with van der Waals surface area (Å²) in [5.74, 6) is 1.79. The summed E-state index contributed by atoms with van der Waals surface area (Å²) in [4.78, 5) is 11.8. The van der Waals surface area contributed by atoms with Crippen LogP contribution in [0.2, 0.25) is 0 Å². The van der Waals surface area contributed by atoms with Crippen LogP contribution in [0, 0.1) is 12.8 Å². The number of methoxy groups -OCH3 is 1. The van der Waals surface area contributed by atoms with E-state index in [4.69, 9.17) is 4.74 Å². The molecule has 23 heavy (non-hydrogen) atoms. The van der Waals surface area contributed by atoms with Gasteiger partial charge >= 0.3 is 0 Å². The number of ether oxygens (including phenoxy) is 1. The van der Waals surface area contributed by atoms with E-state index in [2.05, 4.69) is 25.2 Å². The number of rotatable bonds is 9. The third-order valence-electron chi connectivity index (χ3n) is 3.63. The van der Waals surface area contributed by atoms with Gasteiger partial charge in [0.15, 0.2) is 0 Å². The van der Waals surface area contributed by atoms with E-state index in [1.54, 1.807) is 7.11 Å². The van der Waals surface area contributed by atoms with Gasteiger partial charge in [-0.05, 0) is 36.5 Å². The second-order valence-electron chi connectivity index (χ2n) is 6.07. The van der Waals surface area contributed by atoms with Crippen LogP contribution in [0.4, 0.5) is 0 Å². The highest BCUT2D eigenvalue weighted by molar-refractivity contribution is 5.75. The lowest BCUT2D eigenvalue weighted by Crippen LogP contribution is -2.22. The quantitative estimate of drug-likeness (QED) is 0.631. The molecule has 3 heteroatoms. The highest BCUT2D eigenvalue weighted by atomic mass is 16.5. The Morgan fingerprint density at radius 2 is 1.87 bits per heavy atom. The van der Waals surface area contributed by atoms with Crippen molar-refractivity contribution in [3.8, 4) is 5.75 Å². The van der Waals surface area contributed by atoms with Gasteiger partial charge in [-0.1, -0.05) is 59.1 Å². The van der Waals surface area contributed by atoms with Crippen molar-refractivity contribution in [3.05, 3.63) is 29.3 Å². The van der Waals surface area contributed by atoms with Gasteiger partial charge in [-0.2, -0.15) is 0 Å². The number of carbonyl (C=O) groups is 1. The van der Waals surface area contributed by atoms with Crippen molar-refractivity contribution in [2.24, 2.45) is 5.92 Å². The molecule has 0 radical (unpaired) electrons. The van der Waals surface area contributed by atoms with Crippen molar-refractivity contribution in [1.29, 1.82) is 0 Å². The van der Waals surface area contributed by atoms with Crippen LogP contribution in [0.25, 0.3) is 0 Å². The Morgan fingerprint density at radius 1 is 1.17 bits per heavy atom. The number of carbonyl (C=O) groups excluding carboxylic acids is 1. The Morgan fingerprint density at radius 3 is 2.43 bits per heavy atom. The third-order valence-corrected chi connectivity index (χ3v) is 3.63. The van der Waals surface area contributed by atoms with Crippen LogP contribution in [-0.4, -0.2) is 13.0 Å². The van der Waals surface area contributed by atoms with Crippen LogP contribution in [0.5, 0.6) is 5.75 Å². The Kier molecular flexibility index (Phi) is 12.1. The van der Waals surface area contributed by atoms with Gasteiger partial charge in [-0.15, -0.1) is 0 Å². The van der Waals surface area contributed by atoms with Crippen LogP contribution in [-0.2, 0) is 11.3 Å². The largest absolute Gasteiger partial charge is 0.496 e. The van der Waals surface area contributed by atoms with Gasteiger partial charge < -0.3 is 10.1 Å². The maximum Gasteiger partial charge on any atom is 0.220 e. The minimum atomic E-state index is 0.146. The Labute approximate surface area is 142 Å². The zero-order valence-electron chi connectivity index (χ0n) is 15.9. The Balaban J connectivity index is 0.00000232. The summed E-state index contributed by atoms with van der Waals surface area (Å²) < 4.78 is 5.23. The Hall–Kier alpha value is -1.51. The van der Waals surface area contributed by atoms with Crippen molar-refractivity contribution in [3.63, 3.8) is 0 Å². The van der Waals surface area contributed by atoms with E-state index in [0.29, 0.717) is 13.0 Å². The van der Waals surface area contributed by atoms with Crippen LogP contribution in [0.3, 0.4) is 0 Å². The molecule has 0 aliphatic carbocycles. The maximum absolute atomic E-state index is 11.8. The number of unbranched alkanes of at least 4 members (excludes halogenated alkanes) is 2. The maximum atomic E-state index is 11.8. The van der Waals surface area contributed by atoms with Crippen LogP contribution >= 0.6 is 0 Å². The molecule has 1 N–H and O–H groups in total. The van der Waals surface area contributed by atoms with E-state index in [9.17, 15) is 4.79 Å². The highest BCUT2D eigenvalue weighted by Crippen LogP contribution is 2.18. The van der Waals surface area contributed by atoms with Crippen molar-refractivity contribution in [2.45, 2.75) is 73.3 Å². The normalized spacial score (nSPS) is 10.0. The topological polar surface area (TPSA) is 38.3 Å². The van der Waals surface area contributed by atoms with Crippen molar-refractivity contribution in [1.82, 2.24) is 5.32 Å². The fourth-order valence-electron chi connectivity index (χ4n) is 2.35. The second-order valence-corrected chi connectivity index (χ2v) is 6.07. The lowest BCUT2D eigenvalue weighted by molar-refractivity contribution is -0.121. The van der Waals surface area contributed by atoms with Gasteiger partial charge in [0.2, 0.25) is 5.91 Å². The van der Waals surface area contributed by atoms with Gasteiger partial charge in [0.25, 0.3) is 0 Å². The number of hydrogen-bond acceptors (Lipinski definition) is 2. The number of aryl methyl sites for hydroxylation is 1. The molecular formula is C20H35NO2. The zero-order chi connectivity index (χ0) is 17.7. The van der Waals surface area contributed by atoms with E-state index in [0.717, 1.165) is 35.6 Å². The molecule has 0 heterocycles. The molecule has 132 valence electrons. The predicted octanol–water partition coefficient (Wildman–Crippen LogP) is 5.25. The van der Waals surface area contributed by atoms with Gasteiger partial charge in [0.1, 0.15) is 5.75 Å². The minimum absolute atomic E-state index is 0.146. The molecule has 0 fully saturated rings. The summed E-state index contributed by atoms with van der Waals surface area (Å²) in [6, 6.07) is 6.00. The molecule has 0 aromatic heterocycles. The number of nitrogens with one attached hydrogen (secondary N) is 1. The SMILES string of the molecule is CC.COc1ccc(CNC(=O)CCCCCC(C)C)cc1C. The molecule has 0 saturated carbocycles. The molecule has 0 atom stereocenters. The van der Waals surface area contributed by atoms with Crippen LogP contribution in [0.15, 0.2) is 18.2 Å². The Bertz CT molecular complexity index is 441. The predicted molar refractivity (Wildman–Crippen MR) is 98.8 cm³/mol. The van der Waals surface area contributed by atoms with Crippen LogP contribution in [0.1, 0.15) is 70.9 Å². The first-order chi connectivity index (χ1) is 11.0. The zero-order valence-corrected chi connectivity index (χ0v) is 15.9. The molecule has 1 aromatic carbocycles. The summed E-state index contributed by atoms with van der Waals surface area (Å²) in [7, 11) is 1.67. The molecule has 1 rings (SSSR count). The van der Waals surface area contributed by atoms with E-state index < -0.39 is 0 Å². The molecule has 0 unspecified atom stereocenters. The summed E-state index contributed by atoms with van der Waals surface area (Å²) in [5.41, 5.74) is 2.21. The second kappa shape index (κ2) is 13.0. The monoisotopic (exact) mass is 321 g/mol. The van der Waals surface area contributed by atoms with E-state index in [1.807, 2.05) is 32.9 Å². The molecule has 1 aromatic rings. The van der Waals surface area contributed by atoms with E-state index in [-0.39, 0.29) is 5.91 Å². The molecule has 0 aliphatic heterocycles. The molecule has 1 amide bonds. The van der Waals surface area contributed by atoms with Crippen molar-refractivity contribution in [2.75, 3.05) is 7.11 Å². The van der Waals surface area contributed by atoms with Gasteiger partial charge in [-0.25, -0.2) is 0 Å². The average molecular weight is 322 g/mol. The minimum Gasteiger partial charge on any atom is -0.496 e. The first kappa shape index (κ1) is 21.5. The smallest absolute Gasteiger partial charge is 0.220 e. The van der Waals surface area contributed by atoms with Crippen molar-refractivity contribution >= 4 is 5.91 Å². The highest BCUT2D eigenvalue weighted by Gasteiger charge is 2.04. The third kappa shape index (κ3) is 9.98. The molecule has 0 bridgehead atoms.